The van der Waals surface area contributed by atoms with Crippen LogP contribution in [0.2, 0.25) is 0 Å². The molecule has 0 aromatic carbocycles. The first-order chi connectivity index (χ1) is 5.83. The fourth-order valence-corrected chi connectivity index (χ4v) is 0.898. The molecule has 0 atom stereocenters. The Balaban J connectivity index is 2.72. The maximum atomic E-state index is 10.6. The monoisotopic (exact) mass is 225 g/mol. The van der Waals surface area contributed by atoms with E-state index in [0.29, 0.717) is 0 Å². The lowest BCUT2D eigenvalue weighted by Crippen LogP contribution is -2.01. The van der Waals surface area contributed by atoms with Crippen LogP contribution in [0.4, 0.5) is 0 Å². The van der Waals surface area contributed by atoms with Gasteiger partial charge >= 0.3 is 0 Å². The predicted molar refractivity (Wildman–Crippen MR) is 52.4 cm³/mol. The van der Waals surface area contributed by atoms with Crippen LogP contribution in [0.5, 0.6) is 0 Å². The van der Waals surface area contributed by atoms with Gasteiger partial charge < -0.3 is 4.98 Å². The van der Waals surface area contributed by atoms with E-state index in [4.69, 9.17) is 0 Å². The molecule has 2 nitrogen and oxygen atoms in total. The van der Waals surface area contributed by atoms with E-state index in [-0.39, 0.29) is 5.56 Å². The number of aromatic nitrogens is 1. The molecule has 3 heteroatoms. The molecule has 1 aromatic heterocycles. The van der Waals surface area contributed by atoms with Crippen molar-refractivity contribution in [1.29, 1.82) is 0 Å². The lowest BCUT2D eigenvalue weighted by atomic mass is 10.3. The Morgan fingerprint density at radius 1 is 1.50 bits per heavy atom. The quantitative estimate of drug-likeness (QED) is 0.571. The lowest BCUT2D eigenvalue weighted by Gasteiger charge is -1.85. The second-order valence-corrected chi connectivity index (χ2v) is 2.98. The summed E-state index contributed by atoms with van der Waals surface area (Å²) in [4.78, 5) is 13.2. The van der Waals surface area contributed by atoms with Gasteiger partial charge in [-0.3, -0.25) is 4.79 Å². The molecule has 0 unspecified atom stereocenters. The minimum atomic E-state index is -0.0963. The summed E-state index contributed by atoms with van der Waals surface area (Å²) in [7, 11) is 0. The molecule has 0 aliphatic rings. The van der Waals surface area contributed by atoms with Crippen molar-refractivity contribution in [2.24, 2.45) is 0 Å². The van der Waals surface area contributed by atoms with Gasteiger partial charge in [-0.2, -0.15) is 0 Å². The lowest BCUT2D eigenvalue weighted by molar-refractivity contribution is 1.23. The van der Waals surface area contributed by atoms with Crippen LogP contribution in [0.25, 0.3) is 0 Å². The molecule has 1 aromatic rings. The van der Waals surface area contributed by atoms with Gasteiger partial charge in [0.15, 0.2) is 0 Å². The van der Waals surface area contributed by atoms with Crippen molar-refractivity contribution in [2.75, 3.05) is 5.33 Å². The smallest absolute Gasteiger partial charge is 0.247 e. The second kappa shape index (κ2) is 4.78. The van der Waals surface area contributed by atoms with Crippen molar-refractivity contribution in [3.63, 3.8) is 0 Å². The van der Waals surface area contributed by atoms with Gasteiger partial charge in [0.25, 0.3) is 0 Å². The topological polar surface area (TPSA) is 32.9 Å². The number of pyridine rings is 1. The zero-order valence-electron chi connectivity index (χ0n) is 6.43. The molecule has 1 heterocycles. The van der Waals surface area contributed by atoms with Crippen LogP contribution in [-0.4, -0.2) is 10.3 Å². The zero-order chi connectivity index (χ0) is 8.81. The molecule has 0 radical (unpaired) electrons. The van der Waals surface area contributed by atoms with Crippen molar-refractivity contribution in [3.05, 3.63) is 34.2 Å². The van der Waals surface area contributed by atoms with E-state index in [1.54, 1.807) is 12.3 Å². The van der Waals surface area contributed by atoms with Gasteiger partial charge in [0.05, 0.1) is 0 Å². The maximum absolute atomic E-state index is 10.6. The Hall–Kier alpha value is -1.01. The Bertz CT molecular complexity index is 338. The summed E-state index contributed by atoms with van der Waals surface area (Å²) in [5.74, 6) is 5.87. The standard InChI is InChI=1S/C9H8BrNO/c10-6-2-1-3-8-4-5-9(12)11-7-8/h4-5,7H,2,6H2,(H,11,12). The molecule has 0 aliphatic heterocycles. The van der Waals surface area contributed by atoms with E-state index >= 15 is 0 Å². The van der Waals surface area contributed by atoms with E-state index in [9.17, 15) is 4.79 Å². The van der Waals surface area contributed by atoms with E-state index in [0.717, 1.165) is 17.3 Å². The van der Waals surface area contributed by atoms with Gasteiger partial charge in [0, 0.05) is 29.6 Å². The molecule has 0 saturated heterocycles. The Kier molecular flexibility index (Phi) is 3.62. The normalized spacial score (nSPS) is 8.75. The highest BCUT2D eigenvalue weighted by Gasteiger charge is 1.84. The highest BCUT2D eigenvalue weighted by atomic mass is 79.9. The Morgan fingerprint density at radius 3 is 2.92 bits per heavy atom. The second-order valence-electron chi connectivity index (χ2n) is 2.18. The molecule has 1 rings (SSSR count). The summed E-state index contributed by atoms with van der Waals surface area (Å²) in [5, 5.41) is 0.878. The van der Waals surface area contributed by atoms with E-state index in [2.05, 4.69) is 32.8 Å². The van der Waals surface area contributed by atoms with Crippen molar-refractivity contribution >= 4 is 15.9 Å². The first kappa shape index (κ1) is 9.08. The van der Waals surface area contributed by atoms with E-state index < -0.39 is 0 Å². The summed E-state index contributed by atoms with van der Waals surface area (Å²) in [6.45, 7) is 0. The third-order valence-electron chi connectivity index (χ3n) is 1.24. The highest BCUT2D eigenvalue weighted by molar-refractivity contribution is 9.09. The van der Waals surface area contributed by atoms with Gasteiger partial charge in [-0.25, -0.2) is 0 Å². The fourth-order valence-electron chi connectivity index (χ4n) is 0.700. The SMILES string of the molecule is O=c1ccc(C#CCCBr)c[nH]1. The Labute approximate surface area is 79.1 Å². The fraction of sp³-hybridized carbons (Fsp3) is 0.222. The first-order valence-electron chi connectivity index (χ1n) is 3.56. The zero-order valence-corrected chi connectivity index (χ0v) is 8.02. The molecule has 1 N–H and O–H groups in total. The molecule has 0 aliphatic carbocycles. The molecule has 0 bridgehead atoms. The number of hydrogen-bond donors (Lipinski definition) is 1. The van der Waals surface area contributed by atoms with Crippen molar-refractivity contribution in [1.82, 2.24) is 4.98 Å². The maximum Gasteiger partial charge on any atom is 0.247 e. The summed E-state index contributed by atoms with van der Waals surface area (Å²) in [6, 6.07) is 3.18. The average Bonchev–Trinajstić information content (AvgIpc) is 2.09. The number of aromatic amines is 1. The third-order valence-corrected chi connectivity index (χ3v) is 1.63. The average molecular weight is 226 g/mol. The van der Waals surface area contributed by atoms with Crippen molar-refractivity contribution < 1.29 is 0 Å². The molecule has 0 saturated carbocycles. The summed E-state index contributed by atoms with van der Waals surface area (Å²) >= 11 is 3.27. The van der Waals surface area contributed by atoms with E-state index in [1.165, 1.54) is 6.07 Å². The number of halogens is 1. The molecule has 0 spiro atoms. The van der Waals surface area contributed by atoms with Crippen LogP contribution in [0.15, 0.2) is 23.1 Å². The van der Waals surface area contributed by atoms with E-state index in [1.807, 2.05) is 0 Å². The largest absolute Gasteiger partial charge is 0.328 e. The number of hydrogen-bond acceptors (Lipinski definition) is 1. The van der Waals surface area contributed by atoms with Gasteiger partial charge in [-0.05, 0) is 6.07 Å². The van der Waals surface area contributed by atoms with Gasteiger partial charge in [0.1, 0.15) is 0 Å². The van der Waals surface area contributed by atoms with Crippen molar-refractivity contribution in [3.8, 4) is 11.8 Å². The molecule has 12 heavy (non-hydrogen) atoms. The van der Waals surface area contributed by atoms with Crippen LogP contribution >= 0.6 is 15.9 Å². The number of rotatable bonds is 1. The summed E-state index contributed by atoms with van der Waals surface area (Å²) in [6.07, 6.45) is 2.43. The first-order valence-corrected chi connectivity index (χ1v) is 4.68. The molecular weight excluding hydrogens is 218 g/mol. The van der Waals surface area contributed by atoms with Gasteiger partial charge in [-0.1, -0.05) is 27.8 Å². The molecular formula is C9H8BrNO. The number of nitrogens with one attached hydrogen (secondary N) is 1. The van der Waals surface area contributed by atoms with Crippen LogP contribution in [0.3, 0.4) is 0 Å². The van der Waals surface area contributed by atoms with Gasteiger partial charge in [0.2, 0.25) is 5.56 Å². The van der Waals surface area contributed by atoms with Crippen LogP contribution in [-0.2, 0) is 0 Å². The molecule has 0 amide bonds. The van der Waals surface area contributed by atoms with Crippen LogP contribution in [0.1, 0.15) is 12.0 Å². The number of H-pyrrole nitrogens is 1. The van der Waals surface area contributed by atoms with Crippen molar-refractivity contribution in [2.45, 2.75) is 6.42 Å². The minimum absolute atomic E-state index is 0.0963. The highest BCUT2D eigenvalue weighted by Crippen LogP contribution is 1.90. The third kappa shape index (κ3) is 2.93. The van der Waals surface area contributed by atoms with Crippen LogP contribution in [0, 0.1) is 11.8 Å². The van der Waals surface area contributed by atoms with Gasteiger partial charge in [-0.15, -0.1) is 0 Å². The van der Waals surface area contributed by atoms with Crippen LogP contribution < -0.4 is 5.56 Å². The minimum Gasteiger partial charge on any atom is -0.328 e. The molecule has 0 fully saturated rings. The number of alkyl halides is 1. The Morgan fingerprint density at radius 2 is 2.33 bits per heavy atom. The summed E-state index contributed by atoms with van der Waals surface area (Å²) in [5.41, 5.74) is 0.747. The predicted octanol–water partition coefficient (Wildman–Crippen LogP) is 1.51. The molecule has 62 valence electrons. The summed E-state index contributed by atoms with van der Waals surface area (Å²) < 4.78 is 0.